The number of halogens is 2. The zero-order chi connectivity index (χ0) is 22.7. The highest BCUT2D eigenvalue weighted by Crippen LogP contribution is 2.23. The number of Topliss-reactive ketones (excluding diaryl/α,β-unsaturated/α-hetero) is 1. The number of benzene rings is 2. The fraction of sp³-hybridized carbons (Fsp3) is 0.273. The summed E-state index contributed by atoms with van der Waals surface area (Å²) in [5.74, 6) is -2.78. The standard InChI is InChI=1S/C22H20Cl2N2O5/c1-12-3-4-14(7-13(12)2)19(27)11-31-22(30)16-9-20(28)26(10-16)25-21(29)15-5-6-17(23)18(24)8-15/h3-8,16H,9-11H2,1-2H3,(H,25,29)/t16-/m0/s1. The molecule has 2 aromatic carbocycles. The molecule has 0 saturated carbocycles. The highest BCUT2D eigenvalue weighted by Gasteiger charge is 2.36. The summed E-state index contributed by atoms with van der Waals surface area (Å²) in [4.78, 5) is 49.1. The van der Waals surface area contributed by atoms with Crippen LogP contribution in [0.4, 0.5) is 0 Å². The number of hydrazine groups is 1. The van der Waals surface area contributed by atoms with E-state index < -0.39 is 30.3 Å². The molecule has 3 rings (SSSR count). The second kappa shape index (κ2) is 9.49. The number of rotatable bonds is 6. The second-order valence-corrected chi connectivity index (χ2v) is 8.12. The summed E-state index contributed by atoms with van der Waals surface area (Å²) < 4.78 is 5.12. The van der Waals surface area contributed by atoms with Gasteiger partial charge in [-0.25, -0.2) is 0 Å². The SMILES string of the molecule is Cc1ccc(C(=O)COC(=O)[C@H]2CC(=O)N(NC(=O)c3ccc(Cl)c(Cl)c3)C2)cc1C. The lowest BCUT2D eigenvalue weighted by Crippen LogP contribution is -2.43. The molecule has 0 radical (unpaired) electrons. The van der Waals surface area contributed by atoms with Crippen molar-refractivity contribution in [3.8, 4) is 0 Å². The number of carbonyl (C=O) groups is 4. The maximum atomic E-state index is 12.3. The molecule has 0 aliphatic carbocycles. The number of carbonyl (C=O) groups excluding carboxylic acids is 4. The number of hydrogen-bond acceptors (Lipinski definition) is 5. The summed E-state index contributed by atoms with van der Waals surface area (Å²) in [5, 5.41) is 1.56. The Kier molecular flexibility index (Phi) is 6.97. The third-order valence-corrected chi connectivity index (χ3v) is 5.79. The zero-order valence-corrected chi connectivity index (χ0v) is 18.4. The molecular weight excluding hydrogens is 443 g/mol. The molecule has 0 aromatic heterocycles. The molecule has 9 heteroatoms. The van der Waals surface area contributed by atoms with E-state index in [0.29, 0.717) is 10.6 Å². The lowest BCUT2D eigenvalue weighted by atomic mass is 10.0. The molecule has 1 N–H and O–H groups in total. The minimum Gasteiger partial charge on any atom is -0.457 e. The quantitative estimate of drug-likeness (QED) is 0.523. The van der Waals surface area contributed by atoms with Gasteiger partial charge in [-0.3, -0.25) is 29.6 Å². The van der Waals surface area contributed by atoms with Crippen LogP contribution in [-0.4, -0.2) is 41.7 Å². The number of hydrogen-bond donors (Lipinski definition) is 1. The molecule has 162 valence electrons. The van der Waals surface area contributed by atoms with E-state index >= 15 is 0 Å². The van der Waals surface area contributed by atoms with E-state index in [4.69, 9.17) is 27.9 Å². The van der Waals surface area contributed by atoms with Gasteiger partial charge in [0, 0.05) is 17.5 Å². The van der Waals surface area contributed by atoms with Gasteiger partial charge in [-0.2, -0.15) is 0 Å². The lowest BCUT2D eigenvalue weighted by molar-refractivity contribution is -0.147. The zero-order valence-electron chi connectivity index (χ0n) is 16.9. The molecule has 1 atom stereocenters. The normalized spacial score (nSPS) is 15.7. The smallest absolute Gasteiger partial charge is 0.311 e. The van der Waals surface area contributed by atoms with E-state index in [1.165, 1.54) is 18.2 Å². The summed E-state index contributed by atoms with van der Waals surface area (Å²) >= 11 is 11.7. The molecule has 0 bridgehead atoms. The summed E-state index contributed by atoms with van der Waals surface area (Å²) in [5.41, 5.74) is 5.14. The number of nitrogens with one attached hydrogen (secondary N) is 1. The van der Waals surface area contributed by atoms with E-state index in [0.717, 1.165) is 16.1 Å². The second-order valence-electron chi connectivity index (χ2n) is 7.31. The minimum absolute atomic E-state index is 0.0530. The Bertz CT molecular complexity index is 1070. The van der Waals surface area contributed by atoms with Gasteiger partial charge in [0.2, 0.25) is 5.91 Å². The van der Waals surface area contributed by atoms with E-state index in [-0.39, 0.29) is 29.3 Å². The first-order valence-electron chi connectivity index (χ1n) is 9.49. The minimum atomic E-state index is -0.783. The van der Waals surface area contributed by atoms with Crippen LogP contribution in [0.15, 0.2) is 36.4 Å². The van der Waals surface area contributed by atoms with Gasteiger partial charge < -0.3 is 4.74 Å². The van der Waals surface area contributed by atoms with Crippen LogP contribution >= 0.6 is 23.2 Å². The van der Waals surface area contributed by atoms with Crippen molar-refractivity contribution in [1.29, 1.82) is 0 Å². The fourth-order valence-electron chi connectivity index (χ4n) is 3.05. The maximum Gasteiger partial charge on any atom is 0.311 e. The average Bonchev–Trinajstić information content (AvgIpc) is 3.10. The Hall–Kier alpha value is -2.90. The van der Waals surface area contributed by atoms with Crippen LogP contribution in [0.2, 0.25) is 10.0 Å². The van der Waals surface area contributed by atoms with Crippen molar-refractivity contribution in [3.63, 3.8) is 0 Å². The molecule has 0 unspecified atom stereocenters. The van der Waals surface area contributed by atoms with Gasteiger partial charge in [-0.1, -0.05) is 35.3 Å². The Balaban J connectivity index is 1.54. The Morgan fingerprint density at radius 1 is 1.03 bits per heavy atom. The average molecular weight is 463 g/mol. The first kappa shape index (κ1) is 22.8. The number of ether oxygens (including phenoxy) is 1. The van der Waals surface area contributed by atoms with Crippen LogP contribution in [0.3, 0.4) is 0 Å². The topological polar surface area (TPSA) is 92.8 Å². The summed E-state index contributed by atoms with van der Waals surface area (Å²) in [6.45, 7) is 3.36. The fourth-order valence-corrected chi connectivity index (χ4v) is 3.35. The first-order chi connectivity index (χ1) is 14.7. The summed E-state index contributed by atoms with van der Waals surface area (Å²) in [6, 6.07) is 9.56. The van der Waals surface area contributed by atoms with Gasteiger partial charge in [0.25, 0.3) is 5.91 Å². The highest BCUT2D eigenvalue weighted by atomic mass is 35.5. The van der Waals surface area contributed by atoms with E-state index in [2.05, 4.69) is 5.43 Å². The molecule has 1 heterocycles. The Morgan fingerprint density at radius 3 is 2.42 bits per heavy atom. The molecule has 1 aliphatic heterocycles. The molecule has 1 fully saturated rings. The van der Waals surface area contributed by atoms with Gasteiger partial charge in [-0.05, 0) is 49.2 Å². The van der Waals surface area contributed by atoms with E-state index in [9.17, 15) is 19.2 Å². The van der Waals surface area contributed by atoms with Gasteiger partial charge in [0.05, 0.1) is 22.5 Å². The van der Waals surface area contributed by atoms with Crippen LogP contribution in [0.1, 0.15) is 38.3 Å². The van der Waals surface area contributed by atoms with Crippen LogP contribution in [0.5, 0.6) is 0 Å². The predicted molar refractivity (Wildman–Crippen MR) is 115 cm³/mol. The summed E-state index contributed by atoms with van der Waals surface area (Å²) in [6.07, 6.45) is -0.127. The third-order valence-electron chi connectivity index (χ3n) is 5.05. The van der Waals surface area contributed by atoms with E-state index in [1.54, 1.807) is 12.1 Å². The van der Waals surface area contributed by atoms with Gasteiger partial charge in [-0.15, -0.1) is 0 Å². The predicted octanol–water partition coefficient (Wildman–Crippen LogP) is 3.53. The number of esters is 1. The third kappa shape index (κ3) is 5.42. The Labute approximate surface area is 189 Å². The number of amides is 2. The first-order valence-corrected chi connectivity index (χ1v) is 10.2. The van der Waals surface area contributed by atoms with Crippen LogP contribution in [0, 0.1) is 19.8 Å². The molecular formula is C22H20Cl2N2O5. The van der Waals surface area contributed by atoms with Gasteiger partial charge >= 0.3 is 5.97 Å². The van der Waals surface area contributed by atoms with Crippen molar-refractivity contribution < 1.29 is 23.9 Å². The van der Waals surface area contributed by atoms with E-state index in [1.807, 2.05) is 19.9 Å². The van der Waals surface area contributed by atoms with Crippen molar-refractivity contribution in [1.82, 2.24) is 10.4 Å². The molecule has 1 aliphatic rings. The molecule has 2 amide bonds. The molecule has 1 saturated heterocycles. The largest absolute Gasteiger partial charge is 0.457 e. The summed E-state index contributed by atoms with van der Waals surface area (Å²) in [7, 11) is 0. The van der Waals surface area contributed by atoms with Gasteiger partial charge in [0.1, 0.15) is 0 Å². The number of ketones is 1. The maximum absolute atomic E-state index is 12.3. The highest BCUT2D eigenvalue weighted by molar-refractivity contribution is 6.42. The van der Waals surface area contributed by atoms with Crippen molar-refractivity contribution >= 4 is 46.8 Å². The monoisotopic (exact) mass is 462 g/mol. The van der Waals surface area contributed by atoms with Crippen LogP contribution in [0.25, 0.3) is 0 Å². The lowest BCUT2D eigenvalue weighted by Gasteiger charge is -2.17. The van der Waals surface area contributed by atoms with Crippen LogP contribution < -0.4 is 5.43 Å². The molecule has 31 heavy (non-hydrogen) atoms. The molecule has 7 nitrogen and oxygen atoms in total. The van der Waals surface area contributed by atoms with Crippen molar-refractivity contribution in [2.24, 2.45) is 5.92 Å². The molecule has 2 aromatic rings. The van der Waals surface area contributed by atoms with Crippen molar-refractivity contribution in [3.05, 3.63) is 68.7 Å². The Morgan fingerprint density at radius 2 is 1.74 bits per heavy atom. The van der Waals surface area contributed by atoms with Crippen LogP contribution in [-0.2, 0) is 14.3 Å². The molecule has 0 spiro atoms. The number of nitrogens with zero attached hydrogens (tertiary/aromatic N) is 1. The van der Waals surface area contributed by atoms with Gasteiger partial charge in [0.15, 0.2) is 12.4 Å². The number of aryl methyl sites for hydroxylation is 2. The van der Waals surface area contributed by atoms with Crippen molar-refractivity contribution in [2.45, 2.75) is 20.3 Å². The van der Waals surface area contributed by atoms with Crippen molar-refractivity contribution in [2.75, 3.05) is 13.2 Å².